The molecule has 0 saturated heterocycles. The first-order valence-electron chi connectivity index (χ1n) is 10.9. The molecule has 0 radical (unpaired) electrons. The smallest absolute Gasteiger partial charge is 0.261 e. The molecule has 6 heteroatoms. The van der Waals surface area contributed by atoms with E-state index in [1.165, 1.54) is 17.0 Å². The second-order valence-corrected chi connectivity index (χ2v) is 8.37. The maximum atomic E-state index is 13.3. The van der Waals surface area contributed by atoms with Gasteiger partial charge in [0.05, 0.1) is 0 Å². The Bertz CT molecular complexity index is 907. The summed E-state index contributed by atoms with van der Waals surface area (Å²) in [6.45, 7) is 5.64. The summed E-state index contributed by atoms with van der Waals surface area (Å²) in [5.41, 5.74) is 2.73. The third-order valence-electron chi connectivity index (χ3n) is 5.83. The summed E-state index contributed by atoms with van der Waals surface area (Å²) in [5, 5.41) is 3.07. The monoisotopic (exact) mass is 426 g/mol. The van der Waals surface area contributed by atoms with Crippen LogP contribution >= 0.6 is 0 Å². The molecule has 2 aromatic carbocycles. The van der Waals surface area contributed by atoms with Gasteiger partial charge in [0.2, 0.25) is 5.91 Å². The van der Waals surface area contributed by atoms with Crippen molar-refractivity contribution < 1.29 is 18.7 Å². The Kier molecular flexibility index (Phi) is 7.66. The van der Waals surface area contributed by atoms with E-state index >= 15 is 0 Å². The van der Waals surface area contributed by atoms with E-state index in [0.29, 0.717) is 5.75 Å². The fourth-order valence-electron chi connectivity index (χ4n) is 3.85. The molecule has 1 aliphatic carbocycles. The van der Waals surface area contributed by atoms with E-state index in [1.54, 1.807) is 19.1 Å². The zero-order valence-corrected chi connectivity index (χ0v) is 18.5. The van der Waals surface area contributed by atoms with Gasteiger partial charge in [0.1, 0.15) is 17.6 Å². The largest absolute Gasteiger partial charge is 0.483 e. The molecule has 3 rings (SSSR count). The topological polar surface area (TPSA) is 58.6 Å². The maximum Gasteiger partial charge on any atom is 0.261 e. The molecule has 1 fully saturated rings. The summed E-state index contributed by atoms with van der Waals surface area (Å²) in [7, 11) is 0. The van der Waals surface area contributed by atoms with Crippen molar-refractivity contribution in [2.45, 2.75) is 65.1 Å². The van der Waals surface area contributed by atoms with Crippen LogP contribution in [0.15, 0.2) is 42.5 Å². The zero-order chi connectivity index (χ0) is 22.4. The number of hydrogen-bond acceptors (Lipinski definition) is 3. The van der Waals surface area contributed by atoms with E-state index in [9.17, 15) is 14.0 Å². The van der Waals surface area contributed by atoms with Gasteiger partial charge in [0.25, 0.3) is 5.91 Å². The third kappa shape index (κ3) is 6.29. The summed E-state index contributed by atoms with van der Waals surface area (Å²) in [4.78, 5) is 27.5. The number of aryl methyl sites for hydroxylation is 2. The molecular weight excluding hydrogens is 395 g/mol. The molecule has 1 aliphatic rings. The van der Waals surface area contributed by atoms with E-state index in [1.807, 2.05) is 32.0 Å². The maximum absolute atomic E-state index is 13.3. The van der Waals surface area contributed by atoms with Crippen molar-refractivity contribution in [3.05, 3.63) is 65.0 Å². The average molecular weight is 427 g/mol. The number of carbonyl (C=O) groups is 2. The van der Waals surface area contributed by atoms with Crippen LogP contribution in [0.3, 0.4) is 0 Å². The number of carbonyl (C=O) groups excluding carboxylic acids is 2. The lowest BCUT2D eigenvalue weighted by Gasteiger charge is -2.29. The summed E-state index contributed by atoms with van der Waals surface area (Å²) >= 11 is 0. The summed E-state index contributed by atoms with van der Waals surface area (Å²) in [6.07, 6.45) is 4.17. The van der Waals surface area contributed by atoms with Crippen molar-refractivity contribution in [3.8, 4) is 5.75 Å². The molecule has 0 bridgehead atoms. The number of hydrogen-bond donors (Lipinski definition) is 1. The molecule has 2 amide bonds. The molecule has 0 aliphatic heterocycles. The van der Waals surface area contributed by atoms with Gasteiger partial charge in [-0.2, -0.15) is 0 Å². The van der Waals surface area contributed by atoms with Gasteiger partial charge in [-0.15, -0.1) is 0 Å². The SMILES string of the molecule is Cc1ccc(C)c(OCC(=O)N(Cc2ccc(F)cc2)[C@H](C)C(=O)NC2CCCC2)c1. The average Bonchev–Trinajstić information content (AvgIpc) is 3.26. The first kappa shape index (κ1) is 22.8. The van der Waals surface area contributed by atoms with Crippen LogP contribution in [0, 0.1) is 19.7 Å². The van der Waals surface area contributed by atoms with E-state index < -0.39 is 6.04 Å². The van der Waals surface area contributed by atoms with Gasteiger partial charge in [-0.25, -0.2) is 4.39 Å². The molecule has 31 heavy (non-hydrogen) atoms. The third-order valence-corrected chi connectivity index (χ3v) is 5.83. The predicted molar refractivity (Wildman–Crippen MR) is 118 cm³/mol. The Morgan fingerprint density at radius 1 is 1.13 bits per heavy atom. The highest BCUT2D eigenvalue weighted by molar-refractivity contribution is 5.88. The van der Waals surface area contributed by atoms with Crippen molar-refractivity contribution >= 4 is 11.8 Å². The van der Waals surface area contributed by atoms with Crippen LogP contribution in [-0.2, 0) is 16.1 Å². The summed E-state index contributed by atoms with van der Waals surface area (Å²) in [5.74, 6) is -0.154. The minimum absolute atomic E-state index is 0.170. The predicted octanol–water partition coefficient (Wildman–Crippen LogP) is 4.30. The summed E-state index contributed by atoms with van der Waals surface area (Å²) in [6, 6.07) is 11.3. The number of nitrogens with one attached hydrogen (secondary N) is 1. The van der Waals surface area contributed by atoms with Crippen LogP contribution in [0.4, 0.5) is 4.39 Å². The van der Waals surface area contributed by atoms with E-state index in [-0.39, 0.29) is 36.8 Å². The molecule has 2 aromatic rings. The van der Waals surface area contributed by atoms with Crippen LogP contribution in [0.5, 0.6) is 5.75 Å². The first-order valence-corrected chi connectivity index (χ1v) is 10.9. The minimum Gasteiger partial charge on any atom is -0.483 e. The van der Waals surface area contributed by atoms with Crippen LogP contribution in [0.25, 0.3) is 0 Å². The second-order valence-electron chi connectivity index (χ2n) is 8.37. The molecule has 0 spiro atoms. The Morgan fingerprint density at radius 3 is 2.48 bits per heavy atom. The van der Waals surface area contributed by atoms with Gasteiger partial charge in [0.15, 0.2) is 6.61 Å². The number of nitrogens with zero attached hydrogens (tertiary/aromatic N) is 1. The fraction of sp³-hybridized carbons (Fsp3) is 0.440. The van der Waals surface area contributed by atoms with Crippen molar-refractivity contribution in [1.82, 2.24) is 10.2 Å². The van der Waals surface area contributed by atoms with E-state index in [0.717, 1.165) is 42.4 Å². The fourth-order valence-corrected chi connectivity index (χ4v) is 3.85. The molecule has 0 unspecified atom stereocenters. The van der Waals surface area contributed by atoms with Crippen LogP contribution < -0.4 is 10.1 Å². The Hall–Kier alpha value is -2.89. The van der Waals surface area contributed by atoms with Gasteiger partial charge >= 0.3 is 0 Å². The molecular formula is C25H31FN2O3. The normalized spacial score (nSPS) is 14.8. The van der Waals surface area contributed by atoms with Gasteiger partial charge < -0.3 is 15.0 Å². The minimum atomic E-state index is -0.666. The quantitative estimate of drug-likeness (QED) is 0.685. The van der Waals surface area contributed by atoms with Gasteiger partial charge in [-0.3, -0.25) is 9.59 Å². The van der Waals surface area contributed by atoms with Crippen LogP contribution in [0.2, 0.25) is 0 Å². The van der Waals surface area contributed by atoms with E-state index in [2.05, 4.69) is 5.32 Å². The van der Waals surface area contributed by atoms with Gasteiger partial charge in [-0.1, -0.05) is 37.1 Å². The Labute approximate surface area is 183 Å². The van der Waals surface area contributed by atoms with Crippen molar-refractivity contribution in [3.63, 3.8) is 0 Å². The Morgan fingerprint density at radius 2 is 1.81 bits per heavy atom. The standard InChI is InChI=1S/C25H31FN2O3/c1-17-8-9-18(2)23(14-17)31-16-24(29)28(15-20-10-12-21(26)13-11-20)19(3)25(30)27-22-6-4-5-7-22/h8-14,19,22H,4-7,15-16H2,1-3H3,(H,27,30)/t19-/m1/s1. The van der Waals surface area contributed by atoms with Crippen LogP contribution in [-0.4, -0.2) is 35.4 Å². The number of halogens is 1. The first-order chi connectivity index (χ1) is 14.8. The molecule has 1 atom stereocenters. The highest BCUT2D eigenvalue weighted by atomic mass is 19.1. The lowest BCUT2D eigenvalue weighted by atomic mass is 10.1. The summed E-state index contributed by atoms with van der Waals surface area (Å²) < 4.78 is 19.1. The number of ether oxygens (including phenoxy) is 1. The second kappa shape index (κ2) is 10.4. The highest BCUT2D eigenvalue weighted by Gasteiger charge is 2.28. The molecule has 0 heterocycles. The Balaban J connectivity index is 1.72. The van der Waals surface area contributed by atoms with Gasteiger partial charge in [0, 0.05) is 12.6 Å². The molecule has 1 saturated carbocycles. The number of rotatable bonds is 8. The zero-order valence-electron chi connectivity index (χ0n) is 18.5. The van der Waals surface area contributed by atoms with Crippen molar-refractivity contribution in [2.75, 3.05) is 6.61 Å². The molecule has 166 valence electrons. The lowest BCUT2D eigenvalue weighted by molar-refractivity contribution is -0.142. The lowest BCUT2D eigenvalue weighted by Crippen LogP contribution is -2.50. The van der Waals surface area contributed by atoms with Crippen LogP contribution in [0.1, 0.15) is 49.3 Å². The number of amides is 2. The molecule has 5 nitrogen and oxygen atoms in total. The number of benzene rings is 2. The molecule has 1 N–H and O–H groups in total. The van der Waals surface area contributed by atoms with Crippen molar-refractivity contribution in [1.29, 1.82) is 0 Å². The molecule has 0 aromatic heterocycles. The highest BCUT2D eigenvalue weighted by Crippen LogP contribution is 2.21. The van der Waals surface area contributed by atoms with Crippen molar-refractivity contribution in [2.24, 2.45) is 0 Å². The van der Waals surface area contributed by atoms with Gasteiger partial charge in [-0.05, 0) is 68.5 Å². The van der Waals surface area contributed by atoms with E-state index in [4.69, 9.17) is 4.74 Å².